The van der Waals surface area contributed by atoms with E-state index in [1.165, 1.54) is 24.5 Å². The summed E-state index contributed by atoms with van der Waals surface area (Å²) < 4.78 is 18.8. The minimum absolute atomic E-state index is 0.181. The van der Waals surface area contributed by atoms with E-state index in [-0.39, 0.29) is 17.7 Å². The Bertz CT molecular complexity index is 891. The van der Waals surface area contributed by atoms with Crippen molar-refractivity contribution in [1.29, 1.82) is 0 Å². The zero-order valence-corrected chi connectivity index (χ0v) is 15.6. The van der Waals surface area contributed by atoms with E-state index in [4.69, 9.17) is 4.74 Å². The Kier molecular flexibility index (Phi) is 5.15. The van der Waals surface area contributed by atoms with Crippen LogP contribution in [0.1, 0.15) is 33.9 Å². The number of thiophene rings is 1. The molecule has 0 spiro atoms. The number of halogens is 1. The molecule has 1 aromatic carbocycles. The second kappa shape index (κ2) is 7.33. The van der Waals surface area contributed by atoms with Crippen molar-refractivity contribution in [2.45, 2.75) is 19.9 Å². The molecule has 0 aliphatic carbocycles. The van der Waals surface area contributed by atoms with E-state index in [1.807, 2.05) is 30.7 Å². The van der Waals surface area contributed by atoms with Crippen molar-refractivity contribution in [1.82, 2.24) is 10.3 Å². The predicted octanol–water partition coefficient (Wildman–Crippen LogP) is 4.82. The summed E-state index contributed by atoms with van der Waals surface area (Å²) in [6.45, 7) is 3.63. The van der Waals surface area contributed by atoms with Gasteiger partial charge in [0, 0.05) is 10.9 Å². The number of carbonyl (C=O) groups is 1. The van der Waals surface area contributed by atoms with Gasteiger partial charge in [-0.3, -0.25) is 4.79 Å². The topological polar surface area (TPSA) is 51.2 Å². The largest absolute Gasteiger partial charge is 0.494 e. The summed E-state index contributed by atoms with van der Waals surface area (Å²) in [7, 11) is 1.42. The molecule has 2 aromatic heterocycles. The van der Waals surface area contributed by atoms with Crippen LogP contribution in [0, 0.1) is 12.7 Å². The zero-order valence-electron chi connectivity index (χ0n) is 14.0. The van der Waals surface area contributed by atoms with Crippen LogP contribution >= 0.6 is 22.7 Å². The third kappa shape index (κ3) is 3.72. The van der Waals surface area contributed by atoms with Crippen molar-refractivity contribution in [2.24, 2.45) is 0 Å². The molecule has 0 bridgehead atoms. The average molecular weight is 376 g/mol. The number of methoxy groups -OCH3 is 1. The summed E-state index contributed by atoms with van der Waals surface area (Å²) in [4.78, 5) is 17.6. The molecule has 1 N–H and O–H groups in total. The van der Waals surface area contributed by atoms with E-state index in [2.05, 4.69) is 10.3 Å². The molecule has 0 aliphatic heterocycles. The maximum Gasteiger partial charge on any atom is 0.263 e. The smallest absolute Gasteiger partial charge is 0.263 e. The van der Waals surface area contributed by atoms with Gasteiger partial charge in [0.1, 0.15) is 9.88 Å². The summed E-state index contributed by atoms with van der Waals surface area (Å²) in [5.41, 5.74) is 2.38. The highest BCUT2D eigenvalue weighted by Gasteiger charge is 2.19. The average Bonchev–Trinajstić information content (AvgIpc) is 3.24. The summed E-state index contributed by atoms with van der Waals surface area (Å²) in [5, 5.41) is 7.71. The van der Waals surface area contributed by atoms with E-state index < -0.39 is 5.82 Å². The second-order valence-corrected chi connectivity index (χ2v) is 7.31. The molecule has 25 heavy (non-hydrogen) atoms. The van der Waals surface area contributed by atoms with E-state index >= 15 is 0 Å². The van der Waals surface area contributed by atoms with Gasteiger partial charge in [-0.05, 0) is 43.0 Å². The zero-order chi connectivity index (χ0) is 18.0. The van der Waals surface area contributed by atoms with Gasteiger partial charge in [-0.25, -0.2) is 9.37 Å². The van der Waals surface area contributed by atoms with Gasteiger partial charge in [0.25, 0.3) is 5.91 Å². The third-order valence-corrected chi connectivity index (χ3v) is 5.68. The van der Waals surface area contributed by atoms with Gasteiger partial charge in [0.05, 0.1) is 18.8 Å². The number of carbonyl (C=O) groups excluding carboxylic acids is 1. The van der Waals surface area contributed by atoms with Crippen LogP contribution in [0.4, 0.5) is 4.39 Å². The first-order valence-corrected chi connectivity index (χ1v) is 9.40. The van der Waals surface area contributed by atoms with Gasteiger partial charge >= 0.3 is 0 Å². The minimum Gasteiger partial charge on any atom is -0.494 e. The first-order valence-electron chi connectivity index (χ1n) is 7.64. The Morgan fingerprint density at radius 1 is 1.36 bits per heavy atom. The van der Waals surface area contributed by atoms with Crippen molar-refractivity contribution in [3.05, 3.63) is 57.0 Å². The number of hydrogen-bond donors (Lipinski definition) is 1. The van der Waals surface area contributed by atoms with Crippen molar-refractivity contribution < 1.29 is 13.9 Å². The molecule has 0 fully saturated rings. The standard InChI is InChI=1S/C18H17FN2O2S2/c1-10(12-4-5-15(23-3)14(19)8-12)20-17(22)16-11(2)21-18(25-16)13-6-7-24-9-13/h4-10H,1-3H3,(H,20,22)/t10-/m1/s1. The van der Waals surface area contributed by atoms with Crippen LogP contribution in [0.2, 0.25) is 0 Å². The molecule has 0 aliphatic rings. The van der Waals surface area contributed by atoms with Gasteiger partial charge in [-0.15, -0.1) is 11.3 Å². The number of nitrogens with one attached hydrogen (secondary N) is 1. The number of nitrogens with zero attached hydrogens (tertiary/aromatic N) is 1. The molecule has 0 radical (unpaired) electrons. The Balaban J connectivity index is 1.77. The van der Waals surface area contributed by atoms with Gasteiger partial charge < -0.3 is 10.1 Å². The summed E-state index contributed by atoms with van der Waals surface area (Å²) >= 11 is 2.95. The molecule has 0 saturated heterocycles. The normalized spacial score (nSPS) is 12.0. The number of thiazole rings is 1. The Labute approximate surface area is 153 Å². The highest BCUT2D eigenvalue weighted by molar-refractivity contribution is 7.17. The number of ether oxygens (including phenoxy) is 1. The number of amides is 1. The van der Waals surface area contributed by atoms with E-state index in [0.29, 0.717) is 16.1 Å². The van der Waals surface area contributed by atoms with Crippen molar-refractivity contribution in [3.63, 3.8) is 0 Å². The number of rotatable bonds is 5. The van der Waals surface area contributed by atoms with Crippen LogP contribution < -0.4 is 10.1 Å². The molecule has 2 heterocycles. The molecular weight excluding hydrogens is 359 g/mol. The maximum atomic E-state index is 13.9. The summed E-state index contributed by atoms with van der Waals surface area (Å²) in [6, 6.07) is 6.32. The summed E-state index contributed by atoms with van der Waals surface area (Å²) in [6.07, 6.45) is 0. The lowest BCUT2D eigenvalue weighted by Crippen LogP contribution is -2.26. The monoisotopic (exact) mass is 376 g/mol. The van der Waals surface area contributed by atoms with Crippen molar-refractivity contribution in [2.75, 3.05) is 7.11 Å². The predicted molar refractivity (Wildman–Crippen MR) is 99.0 cm³/mol. The number of hydrogen-bond acceptors (Lipinski definition) is 5. The molecule has 7 heteroatoms. The lowest BCUT2D eigenvalue weighted by Gasteiger charge is -2.14. The molecular formula is C18H17FN2O2S2. The molecule has 1 amide bonds. The third-order valence-electron chi connectivity index (χ3n) is 3.79. The van der Waals surface area contributed by atoms with Crippen LogP contribution in [0.25, 0.3) is 10.6 Å². The second-order valence-electron chi connectivity index (χ2n) is 5.53. The molecule has 3 rings (SSSR count). The molecule has 3 aromatic rings. The summed E-state index contributed by atoms with van der Waals surface area (Å²) in [5.74, 6) is -0.476. The van der Waals surface area contributed by atoms with Gasteiger partial charge in [0.15, 0.2) is 11.6 Å². The van der Waals surface area contributed by atoms with Gasteiger partial charge in [-0.2, -0.15) is 11.3 Å². The van der Waals surface area contributed by atoms with Crippen molar-refractivity contribution >= 4 is 28.6 Å². The van der Waals surface area contributed by atoms with Crippen LogP contribution in [-0.2, 0) is 0 Å². The molecule has 130 valence electrons. The van der Waals surface area contributed by atoms with Crippen LogP contribution in [0.5, 0.6) is 5.75 Å². The first-order chi connectivity index (χ1) is 12.0. The van der Waals surface area contributed by atoms with E-state index in [1.54, 1.807) is 23.5 Å². The fraction of sp³-hybridized carbons (Fsp3) is 0.222. The van der Waals surface area contributed by atoms with E-state index in [9.17, 15) is 9.18 Å². The van der Waals surface area contributed by atoms with Crippen LogP contribution in [0.15, 0.2) is 35.0 Å². The van der Waals surface area contributed by atoms with E-state index in [0.717, 1.165) is 10.6 Å². The molecule has 4 nitrogen and oxygen atoms in total. The van der Waals surface area contributed by atoms with Crippen molar-refractivity contribution in [3.8, 4) is 16.3 Å². The highest BCUT2D eigenvalue weighted by Crippen LogP contribution is 2.30. The Morgan fingerprint density at radius 3 is 2.80 bits per heavy atom. The molecule has 0 saturated carbocycles. The number of benzene rings is 1. The molecule has 0 unspecified atom stereocenters. The lowest BCUT2D eigenvalue weighted by atomic mass is 10.1. The minimum atomic E-state index is -0.449. The Hall–Kier alpha value is -2.25. The fourth-order valence-corrected chi connectivity index (χ4v) is 4.10. The van der Waals surface area contributed by atoms with Gasteiger partial charge in [-0.1, -0.05) is 6.07 Å². The fourth-order valence-electron chi connectivity index (χ4n) is 2.41. The first kappa shape index (κ1) is 17.6. The SMILES string of the molecule is COc1ccc([C@@H](C)NC(=O)c2sc(-c3ccsc3)nc2C)cc1F. The Morgan fingerprint density at radius 2 is 2.16 bits per heavy atom. The quantitative estimate of drug-likeness (QED) is 0.695. The van der Waals surface area contributed by atoms with Gasteiger partial charge in [0.2, 0.25) is 0 Å². The van der Waals surface area contributed by atoms with Crippen LogP contribution in [0.3, 0.4) is 0 Å². The van der Waals surface area contributed by atoms with Crippen LogP contribution in [-0.4, -0.2) is 18.0 Å². The number of aromatic nitrogens is 1. The lowest BCUT2D eigenvalue weighted by molar-refractivity contribution is 0.0943. The molecule has 1 atom stereocenters. The maximum absolute atomic E-state index is 13.9. The highest BCUT2D eigenvalue weighted by atomic mass is 32.1. The number of aryl methyl sites for hydroxylation is 1.